The summed E-state index contributed by atoms with van der Waals surface area (Å²) in [4.78, 5) is 14.7. The predicted molar refractivity (Wildman–Crippen MR) is 65.9 cm³/mol. The number of carbonyl (C=O) groups is 1. The molecule has 0 aromatic carbocycles. The molecule has 1 aromatic heterocycles. The molecule has 1 aliphatic rings. The second-order valence-electron chi connectivity index (χ2n) is 4.27. The lowest BCUT2D eigenvalue weighted by atomic mass is 10.1. The standard InChI is InChI=1S/C12H16N2OS/c15-11(10-6-3-7-13-12(10)16)14-8-9-4-1-2-5-9/h3,6-7,9H,1-2,4-5,8H2,(H,13,16)(H,14,15). The van der Waals surface area contributed by atoms with Gasteiger partial charge in [-0.05, 0) is 30.9 Å². The highest BCUT2D eigenvalue weighted by atomic mass is 32.1. The van der Waals surface area contributed by atoms with E-state index < -0.39 is 0 Å². The zero-order valence-electron chi connectivity index (χ0n) is 9.16. The predicted octanol–water partition coefficient (Wildman–Crippen LogP) is 2.66. The lowest BCUT2D eigenvalue weighted by Gasteiger charge is -2.10. The van der Waals surface area contributed by atoms with Crippen LogP contribution in [0.25, 0.3) is 0 Å². The van der Waals surface area contributed by atoms with Crippen molar-refractivity contribution in [2.45, 2.75) is 25.7 Å². The first-order chi connectivity index (χ1) is 7.77. The van der Waals surface area contributed by atoms with Gasteiger partial charge in [0.1, 0.15) is 4.64 Å². The molecule has 0 unspecified atom stereocenters. The number of carbonyl (C=O) groups excluding carboxylic acids is 1. The van der Waals surface area contributed by atoms with Crippen molar-refractivity contribution in [3.8, 4) is 0 Å². The van der Waals surface area contributed by atoms with Crippen LogP contribution in [-0.4, -0.2) is 17.4 Å². The Hall–Kier alpha value is -1.16. The highest BCUT2D eigenvalue weighted by Crippen LogP contribution is 2.23. The number of aromatic amines is 1. The Balaban J connectivity index is 1.93. The van der Waals surface area contributed by atoms with Crippen molar-refractivity contribution in [2.24, 2.45) is 5.92 Å². The SMILES string of the molecule is O=C(NCC1CCCC1)c1ccc[nH]c1=S. The largest absolute Gasteiger partial charge is 0.352 e. The first-order valence-electron chi connectivity index (χ1n) is 5.73. The monoisotopic (exact) mass is 236 g/mol. The summed E-state index contributed by atoms with van der Waals surface area (Å²) in [5, 5.41) is 2.96. The van der Waals surface area contributed by atoms with Crippen molar-refractivity contribution < 1.29 is 4.79 Å². The first-order valence-corrected chi connectivity index (χ1v) is 6.14. The number of aromatic nitrogens is 1. The lowest BCUT2D eigenvalue weighted by Crippen LogP contribution is -2.28. The number of hydrogen-bond acceptors (Lipinski definition) is 2. The van der Waals surface area contributed by atoms with Gasteiger partial charge in [0.25, 0.3) is 5.91 Å². The molecule has 0 bridgehead atoms. The van der Waals surface area contributed by atoms with E-state index in [0.29, 0.717) is 16.1 Å². The molecule has 86 valence electrons. The van der Waals surface area contributed by atoms with Gasteiger partial charge in [0.15, 0.2) is 0 Å². The van der Waals surface area contributed by atoms with Crippen LogP contribution in [0.4, 0.5) is 0 Å². The van der Waals surface area contributed by atoms with Crippen LogP contribution in [-0.2, 0) is 0 Å². The molecular weight excluding hydrogens is 220 g/mol. The Bertz CT molecular complexity index is 421. The summed E-state index contributed by atoms with van der Waals surface area (Å²) in [5.74, 6) is 0.596. The summed E-state index contributed by atoms with van der Waals surface area (Å²) in [6, 6.07) is 3.54. The molecule has 0 spiro atoms. The van der Waals surface area contributed by atoms with Crippen molar-refractivity contribution in [2.75, 3.05) is 6.54 Å². The summed E-state index contributed by atoms with van der Waals surface area (Å²) in [5.41, 5.74) is 0.565. The van der Waals surface area contributed by atoms with E-state index in [1.807, 2.05) is 0 Å². The average Bonchev–Trinajstić information content (AvgIpc) is 2.79. The Kier molecular flexibility index (Phi) is 3.72. The second kappa shape index (κ2) is 5.25. The molecule has 1 saturated carbocycles. The summed E-state index contributed by atoms with van der Waals surface area (Å²) >= 11 is 5.06. The molecule has 1 fully saturated rings. The Morgan fingerprint density at radius 3 is 2.94 bits per heavy atom. The molecule has 3 nitrogen and oxygen atoms in total. The molecule has 1 heterocycles. The highest BCUT2D eigenvalue weighted by molar-refractivity contribution is 7.71. The summed E-state index contributed by atoms with van der Waals surface area (Å²) < 4.78 is 0.506. The summed E-state index contributed by atoms with van der Waals surface area (Å²) in [6.07, 6.45) is 6.80. The lowest BCUT2D eigenvalue weighted by molar-refractivity contribution is 0.0946. The van der Waals surface area contributed by atoms with Gasteiger partial charge < -0.3 is 10.3 Å². The molecule has 2 N–H and O–H groups in total. The number of hydrogen-bond donors (Lipinski definition) is 2. The molecule has 0 radical (unpaired) electrons. The van der Waals surface area contributed by atoms with E-state index in [2.05, 4.69) is 10.3 Å². The minimum Gasteiger partial charge on any atom is -0.352 e. The van der Waals surface area contributed by atoms with Gasteiger partial charge in [0.05, 0.1) is 5.56 Å². The molecule has 0 aliphatic heterocycles. The van der Waals surface area contributed by atoms with Gasteiger partial charge in [-0.2, -0.15) is 0 Å². The molecule has 1 aromatic rings. The molecular formula is C12H16N2OS. The highest BCUT2D eigenvalue weighted by Gasteiger charge is 2.16. The summed E-state index contributed by atoms with van der Waals surface area (Å²) in [7, 11) is 0. The van der Waals surface area contributed by atoms with Crippen molar-refractivity contribution in [1.82, 2.24) is 10.3 Å². The van der Waals surface area contributed by atoms with Crippen LogP contribution in [0.2, 0.25) is 0 Å². The smallest absolute Gasteiger partial charge is 0.254 e. The van der Waals surface area contributed by atoms with E-state index in [1.54, 1.807) is 18.3 Å². The van der Waals surface area contributed by atoms with Crippen molar-refractivity contribution in [3.05, 3.63) is 28.5 Å². The van der Waals surface area contributed by atoms with E-state index >= 15 is 0 Å². The van der Waals surface area contributed by atoms with Crippen molar-refractivity contribution in [3.63, 3.8) is 0 Å². The molecule has 4 heteroatoms. The van der Waals surface area contributed by atoms with E-state index in [0.717, 1.165) is 6.54 Å². The average molecular weight is 236 g/mol. The van der Waals surface area contributed by atoms with E-state index in [-0.39, 0.29) is 5.91 Å². The van der Waals surface area contributed by atoms with Crippen LogP contribution in [0.5, 0.6) is 0 Å². The van der Waals surface area contributed by atoms with Gasteiger partial charge in [0.2, 0.25) is 0 Å². The molecule has 1 aliphatic carbocycles. The number of nitrogens with one attached hydrogen (secondary N) is 2. The van der Waals surface area contributed by atoms with Crippen LogP contribution in [0.3, 0.4) is 0 Å². The van der Waals surface area contributed by atoms with Crippen LogP contribution in [0.15, 0.2) is 18.3 Å². The van der Waals surface area contributed by atoms with Crippen LogP contribution in [0, 0.1) is 10.6 Å². The maximum absolute atomic E-state index is 11.8. The molecule has 16 heavy (non-hydrogen) atoms. The van der Waals surface area contributed by atoms with Crippen LogP contribution in [0.1, 0.15) is 36.0 Å². The van der Waals surface area contributed by atoms with Gasteiger partial charge in [0, 0.05) is 12.7 Å². The molecule has 2 rings (SSSR count). The zero-order chi connectivity index (χ0) is 11.4. The first kappa shape index (κ1) is 11.3. The fraction of sp³-hybridized carbons (Fsp3) is 0.500. The van der Waals surface area contributed by atoms with Gasteiger partial charge in [-0.25, -0.2) is 0 Å². The molecule has 0 saturated heterocycles. The maximum Gasteiger partial charge on any atom is 0.254 e. The Labute approximate surface area is 100 Å². The molecule has 0 atom stereocenters. The Morgan fingerprint density at radius 2 is 2.25 bits per heavy atom. The number of H-pyrrole nitrogens is 1. The number of rotatable bonds is 3. The van der Waals surface area contributed by atoms with Crippen LogP contribution < -0.4 is 5.32 Å². The Morgan fingerprint density at radius 1 is 1.50 bits per heavy atom. The minimum atomic E-state index is -0.0613. The van der Waals surface area contributed by atoms with Gasteiger partial charge in [-0.3, -0.25) is 4.79 Å². The molecule has 1 amide bonds. The number of amides is 1. The number of pyridine rings is 1. The van der Waals surface area contributed by atoms with Crippen LogP contribution >= 0.6 is 12.2 Å². The topological polar surface area (TPSA) is 44.9 Å². The quantitative estimate of drug-likeness (QED) is 0.792. The van der Waals surface area contributed by atoms with Crippen molar-refractivity contribution in [1.29, 1.82) is 0 Å². The fourth-order valence-electron chi connectivity index (χ4n) is 2.15. The third-order valence-electron chi connectivity index (χ3n) is 3.09. The van der Waals surface area contributed by atoms with Gasteiger partial charge in [-0.1, -0.05) is 25.1 Å². The third kappa shape index (κ3) is 2.70. The van der Waals surface area contributed by atoms with Gasteiger partial charge in [-0.15, -0.1) is 0 Å². The van der Waals surface area contributed by atoms with E-state index in [4.69, 9.17) is 12.2 Å². The van der Waals surface area contributed by atoms with Gasteiger partial charge >= 0.3 is 0 Å². The minimum absolute atomic E-state index is 0.0613. The normalized spacial score (nSPS) is 16.2. The fourth-order valence-corrected chi connectivity index (χ4v) is 2.38. The van der Waals surface area contributed by atoms with E-state index in [1.165, 1.54) is 25.7 Å². The zero-order valence-corrected chi connectivity index (χ0v) is 9.98. The van der Waals surface area contributed by atoms with E-state index in [9.17, 15) is 4.79 Å². The third-order valence-corrected chi connectivity index (χ3v) is 3.43. The second-order valence-corrected chi connectivity index (χ2v) is 4.68. The summed E-state index contributed by atoms with van der Waals surface area (Å²) in [6.45, 7) is 0.780. The van der Waals surface area contributed by atoms with Crippen molar-refractivity contribution >= 4 is 18.1 Å². The maximum atomic E-state index is 11.8.